The van der Waals surface area contributed by atoms with Crippen molar-refractivity contribution >= 4 is 5.95 Å². The van der Waals surface area contributed by atoms with E-state index in [2.05, 4.69) is 24.6 Å². The minimum Gasteiger partial charge on any atom is -0.383 e. The average molecular weight is 305 g/mol. The maximum Gasteiger partial charge on any atom is 0.266 e. The second-order valence-corrected chi connectivity index (χ2v) is 5.60. The molecule has 0 radical (unpaired) electrons. The SMILES string of the molecule is CCc1nc(N2CCC[C@@H](c3nccn3CCOC)C2)no1. The lowest BCUT2D eigenvalue weighted by atomic mass is 9.97. The first-order valence-corrected chi connectivity index (χ1v) is 7.89. The molecule has 2 aromatic heterocycles. The van der Waals surface area contributed by atoms with E-state index in [4.69, 9.17) is 9.26 Å². The molecule has 0 aromatic carbocycles. The molecule has 0 amide bonds. The largest absolute Gasteiger partial charge is 0.383 e. The number of hydrogen-bond donors (Lipinski definition) is 0. The summed E-state index contributed by atoms with van der Waals surface area (Å²) in [5.74, 6) is 2.92. The maximum absolute atomic E-state index is 5.23. The Morgan fingerprint density at radius 1 is 1.45 bits per heavy atom. The highest BCUT2D eigenvalue weighted by Gasteiger charge is 2.27. The molecule has 0 spiro atoms. The number of aromatic nitrogens is 4. The summed E-state index contributed by atoms with van der Waals surface area (Å²) < 4.78 is 12.6. The zero-order valence-corrected chi connectivity index (χ0v) is 13.2. The third kappa shape index (κ3) is 3.14. The van der Waals surface area contributed by atoms with Crippen LogP contribution in [0.3, 0.4) is 0 Å². The Hall–Kier alpha value is -1.89. The number of nitrogens with zero attached hydrogens (tertiary/aromatic N) is 5. The highest BCUT2D eigenvalue weighted by molar-refractivity contribution is 5.30. The van der Waals surface area contributed by atoms with E-state index in [1.54, 1.807) is 7.11 Å². The lowest BCUT2D eigenvalue weighted by Gasteiger charge is -2.31. The quantitative estimate of drug-likeness (QED) is 0.811. The van der Waals surface area contributed by atoms with Gasteiger partial charge < -0.3 is 18.7 Å². The summed E-state index contributed by atoms with van der Waals surface area (Å²) in [5.41, 5.74) is 0. The van der Waals surface area contributed by atoms with Crippen molar-refractivity contribution in [3.63, 3.8) is 0 Å². The number of rotatable bonds is 6. The summed E-state index contributed by atoms with van der Waals surface area (Å²) in [7, 11) is 1.72. The predicted molar refractivity (Wildman–Crippen MR) is 82.0 cm³/mol. The summed E-state index contributed by atoms with van der Waals surface area (Å²) >= 11 is 0. The molecule has 0 saturated carbocycles. The first kappa shape index (κ1) is 15.0. The molecule has 1 aliphatic heterocycles. The van der Waals surface area contributed by atoms with Gasteiger partial charge in [-0.1, -0.05) is 6.92 Å². The Morgan fingerprint density at radius 2 is 2.36 bits per heavy atom. The Bertz CT molecular complexity index is 594. The fourth-order valence-electron chi connectivity index (χ4n) is 2.95. The Kier molecular flexibility index (Phi) is 4.72. The van der Waals surface area contributed by atoms with Crippen molar-refractivity contribution in [1.82, 2.24) is 19.7 Å². The number of ether oxygens (including phenoxy) is 1. The van der Waals surface area contributed by atoms with Crippen molar-refractivity contribution < 1.29 is 9.26 Å². The van der Waals surface area contributed by atoms with E-state index < -0.39 is 0 Å². The van der Waals surface area contributed by atoms with Gasteiger partial charge in [0.2, 0.25) is 5.89 Å². The van der Waals surface area contributed by atoms with Gasteiger partial charge >= 0.3 is 0 Å². The lowest BCUT2D eigenvalue weighted by Crippen LogP contribution is -2.36. The molecule has 22 heavy (non-hydrogen) atoms. The van der Waals surface area contributed by atoms with Crippen LogP contribution in [0.5, 0.6) is 0 Å². The monoisotopic (exact) mass is 305 g/mol. The molecule has 0 N–H and O–H groups in total. The van der Waals surface area contributed by atoms with Crippen LogP contribution in [-0.4, -0.2) is 46.5 Å². The molecular formula is C15H23N5O2. The average Bonchev–Trinajstić information content (AvgIpc) is 3.22. The van der Waals surface area contributed by atoms with E-state index in [1.165, 1.54) is 0 Å². The summed E-state index contributed by atoms with van der Waals surface area (Å²) in [6.07, 6.45) is 6.91. The fraction of sp³-hybridized carbons (Fsp3) is 0.667. The second kappa shape index (κ2) is 6.91. The van der Waals surface area contributed by atoms with E-state index >= 15 is 0 Å². The molecule has 3 rings (SSSR count). The molecule has 0 unspecified atom stereocenters. The van der Waals surface area contributed by atoms with Crippen LogP contribution in [-0.2, 0) is 17.7 Å². The molecule has 1 saturated heterocycles. The normalized spacial score (nSPS) is 18.8. The smallest absolute Gasteiger partial charge is 0.266 e. The van der Waals surface area contributed by atoms with Crippen LogP contribution < -0.4 is 4.90 Å². The minimum absolute atomic E-state index is 0.393. The number of imidazole rings is 1. The Balaban J connectivity index is 1.71. The zero-order valence-electron chi connectivity index (χ0n) is 13.2. The third-order valence-corrected chi connectivity index (χ3v) is 4.11. The van der Waals surface area contributed by atoms with E-state index in [-0.39, 0.29) is 0 Å². The third-order valence-electron chi connectivity index (χ3n) is 4.11. The van der Waals surface area contributed by atoms with Crippen molar-refractivity contribution in [3.05, 3.63) is 24.1 Å². The predicted octanol–water partition coefficient (Wildman–Crippen LogP) is 1.86. The van der Waals surface area contributed by atoms with Crippen LogP contribution in [0.2, 0.25) is 0 Å². The highest BCUT2D eigenvalue weighted by atomic mass is 16.5. The summed E-state index contributed by atoms with van der Waals surface area (Å²) in [4.78, 5) is 11.2. The molecule has 0 bridgehead atoms. The Morgan fingerprint density at radius 3 is 3.14 bits per heavy atom. The number of piperidine rings is 1. The molecule has 7 nitrogen and oxygen atoms in total. The van der Waals surface area contributed by atoms with Gasteiger partial charge in [0.15, 0.2) is 0 Å². The van der Waals surface area contributed by atoms with Gasteiger partial charge in [-0.25, -0.2) is 4.98 Å². The van der Waals surface area contributed by atoms with Crippen LogP contribution in [0.4, 0.5) is 5.95 Å². The van der Waals surface area contributed by atoms with E-state index in [0.717, 1.165) is 44.7 Å². The number of methoxy groups -OCH3 is 1. The van der Waals surface area contributed by atoms with Gasteiger partial charge in [-0.2, -0.15) is 4.98 Å². The first-order valence-electron chi connectivity index (χ1n) is 7.89. The van der Waals surface area contributed by atoms with Crippen molar-refractivity contribution in [2.24, 2.45) is 0 Å². The minimum atomic E-state index is 0.393. The Labute approximate surface area is 130 Å². The number of anilines is 1. The van der Waals surface area contributed by atoms with Gasteiger partial charge in [-0.15, -0.1) is 0 Å². The molecule has 1 atom stereocenters. The van der Waals surface area contributed by atoms with Crippen molar-refractivity contribution in [2.75, 3.05) is 31.7 Å². The van der Waals surface area contributed by atoms with Crippen LogP contribution in [0.1, 0.15) is 37.4 Å². The van der Waals surface area contributed by atoms with Crippen molar-refractivity contribution in [1.29, 1.82) is 0 Å². The van der Waals surface area contributed by atoms with Gasteiger partial charge in [-0.05, 0) is 18.0 Å². The van der Waals surface area contributed by atoms with Crippen LogP contribution in [0.25, 0.3) is 0 Å². The summed E-state index contributed by atoms with van der Waals surface area (Å²) in [6.45, 7) is 5.41. The molecule has 1 fully saturated rings. The fourth-order valence-corrected chi connectivity index (χ4v) is 2.95. The molecule has 7 heteroatoms. The van der Waals surface area contributed by atoms with Gasteiger partial charge in [-0.3, -0.25) is 0 Å². The zero-order chi connectivity index (χ0) is 15.4. The van der Waals surface area contributed by atoms with Gasteiger partial charge in [0.25, 0.3) is 5.95 Å². The maximum atomic E-state index is 5.23. The van der Waals surface area contributed by atoms with Crippen LogP contribution in [0, 0.1) is 0 Å². The van der Waals surface area contributed by atoms with Gasteiger partial charge in [0.1, 0.15) is 5.82 Å². The summed E-state index contributed by atoms with van der Waals surface area (Å²) in [6, 6.07) is 0. The van der Waals surface area contributed by atoms with Crippen molar-refractivity contribution in [3.8, 4) is 0 Å². The lowest BCUT2D eigenvalue weighted by molar-refractivity contribution is 0.185. The van der Waals surface area contributed by atoms with Crippen LogP contribution >= 0.6 is 0 Å². The topological polar surface area (TPSA) is 69.2 Å². The molecule has 0 aliphatic carbocycles. The summed E-state index contributed by atoms with van der Waals surface area (Å²) in [5, 5.41) is 4.09. The first-order chi connectivity index (χ1) is 10.8. The second-order valence-electron chi connectivity index (χ2n) is 5.60. The van der Waals surface area contributed by atoms with E-state index in [9.17, 15) is 0 Å². The molecule has 3 heterocycles. The molecular weight excluding hydrogens is 282 g/mol. The van der Waals surface area contributed by atoms with Crippen molar-refractivity contribution in [2.45, 2.75) is 38.6 Å². The van der Waals surface area contributed by atoms with Crippen LogP contribution in [0.15, 0.2) is 16.9 Å². The number of hydrogen-bond acceptors (Lipinski definition) is 6. The standard InChI is InChI=1S/C15H23N5O2/c1-3-13-17-15(18-22-13)20-7-4-5-12(11-20)14-16-6-8-19(14)9-10-21-2/h6,8,12H,3-5,7,9-11H2,1-2H3/t12-/m1/s1. The molecule has 120 valence electrons. The van der Waals surface area contributed by atoms with E-state index in [0.29, 0.717) is 24.4 Å². The van der Waals surface area contributed by atoms with Gasteiger partial charge in [0.05, 0.1) is 6.61 Å². The molecule has 2 aromatic rings. The number of aryl methyl sites for hydroxylation is 1. The van der Waals surface area contributed by atoms with Gasteiger partial charge in [0, 0.05) is 51.5 Å². The highest BCUT2D eigenvalue weighted by Crippen LogP contribution is 2.28. The van der Waals surface area contributed by atoms with E-state index in [1.807, 2.05) is 19.3 Å². The molecule has 1 aliphatic rings.